The van der Waals surface area contributed by atoms with Crippen LogP contribution in [0.4, 0.5) is 18.9 Å². The summed E-state index contributed by atoms with van der Waals surface area (Å²) in [6.45, 7) is 3.64. The van der Waals surface area contributed by atoms with Gasteiger partial charge in [0.15, 0.2) is 0 Å². The number of nitrogens with one attached hydrogen (secondary N) is 1. The molecule has 0 radical (unpaired) electrons. The molecule has 0 bridgehead atoms. The lowest BCUT2D eigenvalue weighted by molar-refractivity contribution is -0.137. The molecule has 0 saturated carbocycles. The van der Waals surface area contributed by atoms with E-state index in [1.54, 1.807) is 24.6 Å². The number of carbonyl (C=O) groups excluding carboxylic acids is 1. The molecule has 1 amide bonds. The van der Waals surface area contributed by atoms with Crippen LogP contribution in [0.25, 0.3) is 10.1 Å². The lowest BCUT2D eigenvalue weighted by Gasteiger charge is -2.10. The molecule has 2 aromatic carbocycles. The van der Waals surface area contributed by atoms with E-state index in [9.17, 15) is 18.0 Å². The molecular weight excluding hydrogens is 447 g/mol. The number of rotatable bonds is 4. The highest BCUT2D eigenvalue weighted by molar-refractivity contribution is 7.21. The van der Waals surface area contributed by atoms with Crippen molar-refractivity contribution in [2.24, 2.45) is 0 Å². The first-order valence-corrected chi connectivity index (χ1v) is 10.5. The minimum absolute atomic E-state index is 0.149. The number of nitrogens with zero attached hydrogens (tertiary/aromatic N) is 2. The van der Waals surface area contributed by atoms with Crippen LogP contribution in [0.2, 0.25) is 5.02 Å². The zero-order valence-electron chi connectivity index (χ0n) is 16.5. The van der Waals surface area contributed by atoms with E-state index in [1.165, 1.54) is 17.4 Å². The van der Waals surface area contributed by atoms with Crippen molar-refractivity contribution >= 4 is 44.6 Å². The van der Waals surface area contributed by atoms with Gasteiger partial charge in [0.1, 0.15) is 4.88 Å². The van der Waals surface area contributed by atoms with E-state index in [4.69, 9.17) is 11.6 Å². The summed E-state index contributed by atoms with van der Waals surface area (Å²) in [5, 5.41) is 8.47. The van der Waals surface area contributed by atoms with Gasteiger partial charge in [0.2, 0.25) is 0 Å². The van der Waals surface area contributed by atoms with Crippen molar-refractivity contribution in [3.63, 3.8) is 0 Å². The SMILES string of the molecule is Cc1nn(Cc2cccc(C(F)(F)F)c2)c(C)c1NC(=O)c1sc2ccccc2c1Cl. The van der Waals surface area contributed by atoms with Crippen molar-refractivity contribution < 1.29 is 18.0 Å². The second-order valence-electron chi connectivity index (χ2n) is 7.10. The highest BCUT2D eigenvalue weighted by Crippen LogP contribution is 2.36. The molecule has 160 valence electrons. The van der Waals surface area contributed by atoms with Crippen molar-refractivity contribution in [3.05, 3.63) is 80.9 Å². The minimum atomic E-state index is -4.41. The lowest BCUT2D eigenvalue weighted by Crippen LogP contribution is -2.12. The Kier molecular flexibility index (Phi) is 5.53. The van der Waals surface area contributed by atoms with E-state index in [-0.39, 0.29) is 12.5 Å². The summed E-state index contributed by atoms with van der Waals surface area (Å²) in [5.74, 6) is -0.351. The molecule has 0 saturated heterocycles. The Hall–Kier alpha value is -2.84. The number of hydrogen-bond acceptors (Lipinski definition) is 3. The first kappa shape index (κ1) is 21.4. The van der Waals surface area contributed by atoms with E-state index in [1.807, 2.05) is 24.3 Å². The van der Waals surface area contributed by atoms with Crippen LogP contribution < -0.4 is 5.32 Å². The van der Waals surface area contributed by atoms with Crippen LogP contribution in [0.5, 0.6) is 0 Å². The number of amides is 1. The van der Waals surface area contributed by atoms with Gasteiger partial charge in [-0.2, -0.15) is 18.3 Å². The molecule has 4 rings (SSSR count). The predicted molar refractivity (Wildman–Crippen MR) is 117 cm³/mol. The third-order valence-electron chi connectivity index (χ3n) is 4.95. The molecule has 0 aliphatic rings. The van der Waals surface area contributed by atoms with Gasteiger partial charge in [0.05, 0.1) is 34.2 Å². The van der Waals surface area contributed by atoms with Crippen molar-refractivity contribution in [2.45, 2.75) is 26.6 Å². The average molecular weight is 464 g/mol. The quantitative estimate of drug-likeness (QED) is 0.366. The molecule has 0 atom stereocenters. The van der Waals surface area contributed by atoms with Crippen LogP contribution in [-0.2, 0) is 12.7 Å². The van der Waals surface area contributed by atoms with Gasteiger partial charge in [-0.05, 0) is 37.6 Å². The van der Waals surface area contributed by atoms with Gasteiger partial charge in [-0.1, -0.05) is 41.9 Å². The van der Waals surface area contributed by atoms with Crippen LogP contribution >= 0.6 is 22.9 Å². The number of aromatic nitrogens is 2. The number of anilines is 1. The van der Waals surface area contributed by atoms with Gasteiger partial charge >= 0.3 is 6.18 Å². The summed E-state index contributed by atoms with van der Waals surface area (Å²) in [5.41, 5.74) is 1.48. The topological polar surface area (TPSA) is 46.9 Å². The number of carbonyl (C=O) groups is 1. The first-order valence-electron chi connectivity index (χ1n) is 9.33. The van der Waals surface area contributed by atoms with Gasteiger partial charge < -0.3 is 5.32 Å². The molecule has 1 N–H and O–H groups in total. The number of fused-ring (bicyclic) bond motifs is 1. The van der Waals surface area contributed by atoms with Gasteiger partial charge in [0.25, 0.3) is 5.91 Å². The number of benzene rings is 2. The zero-order chi connectivity index (χ0) is 22.3. The maximum atomic E-state index is 13.0. The largest absolute Gasteiger partial charge is 0.416 e. The summed E-state index contributed by atoms with van der Waals surface area (Å²) < 4.78 is 41.5. The molecule has 9 heteroatoms. The Labute approximate surface area is 185 Å². The zero-order valence-corrected chi connectivity index (χ0v) is 18.1. The first-order chi connectivity index (χ1) is 14.6. The molecule has 2 heterocycles. The third kappa shape index (κ3) is 4.18. The third-order valence-corrected chi connectivity index (χ3v) is 6.62. The maximum absolute atomic E-state index is 13.0. The van der Waals surface area contributed by atoms with Crippen molar-refractivity contribution in [1.29, 1.82) is 0 Å². The fraction of sp³-hybridized carbons (Fsp3) is 0.182. The normalized spacial score (nSPS) is 11.8. The Morgan fingerprint density at radius 3 is 2.61 bits per heavy atom. The Morgan fingerprint density at radius 1 is 1.16 bits per heavy atom. The van der Waals surface area contributed by atoms with E-state index in [2.05, 4.69) is 10.4 Å². The standard InChI is InChI=1S/C22H17ClF3N3OS/c1-12-19(27-21(30)20-18(23)16-8-3-4-9-17(16)31-20)13(2)29(28-12)11-14-6-5-7-15(10-14)22(24,25)26/h3-10H,11H2,1-2H3,(H,27,30). The second kappa shape index (κ2) is 8.01. The molecule has 4 nitrogen and oxygen atoms in total. The summed E-state index contributed by atoms with van der Waals surface area (Å²) in [6.07, 6.45) is -4.41. The van der Waals surface area contributed by atoms with Gasteiger partial charge in [-0.15, -0.1) is 11.3 Å². The van der Waals surface area contributed by atoms with Gasteiger partial charge in [-0.25, -0.2) is 0 Å². The molecule has 0 aliphatic heterocycles. The van der Waals surface area contributed by atoms with E-state index < -0.39 is 11.7 Å². The second-order valence-corrected chi connectivity index (χ2v) is 8.53. The number of halogens is 4. The van der Waals surface area contributed by atoms with Crippen LogP contribution in [-0.4, -0.2) is 15.7 Å². The highest BCUT2D eigenvalue weighted by Gasteiger charge is 2.30. The molecule has 2 aromatic heterocycles. The van der Waals surface area contributed by atoms with Crippen LogP contribution in [0.3, 0.4) is 0 Å². The Bertz CT molecular complexity index is 1290. The summed E-state index contributed by atoms with van der Waals surface area (Å²) in [6, 6.07) is 12.6. The molecule has 4 aromatic rings. The number of hydrogen-bond donors (Lipinski definition) is 1. The number of alkyl halides is 3. The smallest absolute Gasteiger partial charge is 0.318 e. The molecule has 31 heavy (non-hydrogen) atoms. The van der Waals surface area contributed by atoms with Crippen molar-refractivity contribution in [3.8, 4) is 0 Å². The Balaban J connectivity index is 1.60. The van der Waals surface area contributed by atoms with Crippen LogP contribution in [0.15, 0.2) is 48.5 Å². The molecule has 0 aliphatic carbocycles. The summed E-state index contributed by atoms with van der Waals surface area (Å²) in [7, 11) is 0. The van der Waals surface area contributed by atoms with Crippen LogP contribution in [0, 0.1) is 13.8 Å². The van der Waals surface area contributed by atoms with E-state index in [0.29, 0.717) is 32.5 Å². The predicted octanol–water partition coefficient (Wildman–Crippen LogP) is 6.69. The van der Waals surface area contributed by atoms with Crippen molar-refractivity contribution in [2.75, 3.05) is 5.32 Å². The lowest BCUT2D eigenvalue weighted by atomic mass is 10.1. The molecule has 0 unspecified atom stereocenters. The number of aryl methyl sites for hydroxylation is 1. The fourth-order valence-electron chi connectivity index (χ4n) is 3.38. The number of thiophene rings is 1. The van der Waals surface area contributed by atoms with Crippen molar-refractivity contribution in [1.82, 2.24) is 9.78 Å². The van der Waals surface area contributed by atoms with E-state index in [0.717, 1.165) is 22.2 Å². The van der Waals surface area contributed by atoms with Crippen LogP contribution in [0.1, 0.15) is 32.2 Å². The monoisotopic (exact) mass is 463 g/mol. The summed E-state index contributed by atoms with van der Waals surface area (Å²) in [4.78, 5) is 13.3. The fourth-order valence-corrected chi connectivity index (χ4v) is 4.79. The average Bonchev–Trinajstić information content (AvgIpc) is 3.19. The van der Waals surface area contributed by atoms with Gasteiger partial charge in [-0.3, -0.25) is 9.48 Å². The minimum Gasteiger partial charge on any atom is -0.318 e. The van der Waals surface area contributed by atoms with E-state index >= 15 is 0 Å². The highest BCUT2D eigenvalue weighted by atomic mass is 35.5. The summed E-state index contributed by atoms with van der Waals surface area (Å²) >= 11 is 7.70. The maximum Gasteiger partial charge on any atom is 0.416 e. The molecular formula is C22H17ClF3N3OS. The molecule has 0 spiro atoms. The van der Waals surface area contributed by atoms with Gasteiger partial charge in [0, 0.05) is 10.1 Å². The Morgan fingerprint density at radius 2 is 1.90 bits per heavy atom. The molecule has 0 fully saturated rings.